The van der Waals surface area contributed by atoms with Gasteiger partial charge in [0.05, 0.1) is 5.69 Å². The van der Waals surface area contributed by atoms with Crippen LogP contribution in [0.1, 0.15) is 11.3 Å². The lowest BCUT2D eigenvalue weighted by atomic mass is 10.2. The zero-order valence-electron chi connectivity index (χ0n) is 8.19. The van der Waals surface area contributed by atoms with Crippen LogP contribution in [0.5, 0.6) is 0 Å². The summed E-state index contributed by atoms with van der Waals surface area (Å²) in [7, 11) is 1.91. The number of anilines is 1. The molecule has 0 atom stereocenters. The molecule has 0 aliphatic carbocycles. The smallest absolute Gasteiger partial charge is 0.169 e. The van der Waals surface area contributed by atoms with Crippen molar-refractivity contribution in [2.75, 3.05) is 5.32 Å². The molecule has 0 aromatic carbocycles. The summed E-state index contributed by atoms with van der Waals surface area (Å²) in [6.07, 6.45) is 3.53. The van der Waals surface area contributed by atoms with E-state index in [2.05, 4.69) is 15.6 Å². The monoisotopic (exact) mass is 192 g/mol. The van der Waals surface area contributed by atoms with E-state index in [1.807, 2.05) is 20.2 Å². The van der Waals surface area contributed by atoms with Crippen LogP contribution in [-0.4, -0.2) is 14.9 Å². The van der Waals surface area contributed by atoms with Gasteiger partial charge in [0.15, 0.2) is 5.82 Å². The first-order valence-corrected chi connectivity index (χ1v) is 4.39. The Hall–Kier alpha value is -1.78. The lowest BCUT2D eigenvalue weighted by molar-refractivity contribution is 0.422. The van der Waals surface area contributed by atoms with Gasteiger partial charge in [-0.3, -0.25) is 4.68 Å². The minimum atomic E-state index is 0.714. The van der Waals surface area contributed by atoms with Gasteiger partial charge in [0, 0.05) is 31.4 Å². The van der Waals surface area contributed by atoms with Gasteiger partial charge in [-0.05, 0) is 6.92 Å². The Balaban J connectivity index is 2.01. The van der Waals surface area contributed by atoms with Gasteiger partial charge >= 0.3 is 0 Å². The molecule has 0 radical (unpaired) electrons. The molecule has 5 heteroatoms. The Labute approximate surface area is 81.7 Å². The maximum Gasteiger partial charge on any atom is 0.169 e. The van der Waals surface area contributed by atoms with E-state index in [9.17, 15) is 0 Å². The number of hydrogen-bond acceptors (Lipinski definition) is 4. The van der Waals surface area contributed by atoms with E-state index in [-0.39, 0.29) is 0 Å². The molecule has 14 heavy (non-hydrogen) atoms. The third kappa shape index (κ3) is 1.76. The molecule has 0 unspecified atom stereocenters. The third-order valence-electron chi connectivity index (χ3n) is 2.01. The van der Waals surface area contributed by atoms with Gasteiger partial charge in [-0.15, -0.1) is 0 Å². The second-order valence-corrected chi connectivity index (χ2v) is 3.15. The lowest BCUT2D eigenvalue weighted by Gasteiger charge is -1.99. The number of aryl methyl sites for hydroxylation is 2. The summed E-state index contributed by atoms with van der Waals surface area (Å²) in [6, 6.07) is 1.78. The molecule has 0 fully saturated rings. The normalized spacial score (nSPS) is 10.4. The third-order valence-corrected chi connectivity index (χ3v) is 2.01. The van der Waals surface area contributed by atoms with Gasteiger partial charge < -0.3 is 9.84 Å². The van der Waals surface area contributed by atoms with Crippen LogP contribution in [0.3, 0.4) is 0 Å². The Kier molecular flexibility index (Phi) is 2.22. The van der Waals surface area contributed by atoms with Gasteiger partial charge in [-0.25, -0.2) is 0 Å². The average molecular weight is 192 g/mol. The molecular weight excluding hydrogens is 180 g/mol. The lowest BCUT2D eigenvalue weighted by Crippen LogP contribution is -1.99. The van der Waals surface area contributed by atoms with E-state index in [0.717, 1.165) is 17.1 Å². The zero-order valence-corrected chi connectivity index (χ0v) is 8.19. The zero-order chi connectivity index (χ0) is 9.97. The first kappa shape index (κ1) is 8.80. The summed E-state index contributed by atoms with van der Waals surface area (Å²) in [5, 5.41) is 11.1. The molecule has 0 bridgehead atoms. The Bertz CT molecular complexity index is 404. The first-order chi connectivity index (χ1) is 6.75. The van der Waals surface area contributed by atoms with Crippen molar-refractivity contribution in [2.45, 2.75) is 13.5 Å². The number of rotatable bonds is 3. The SMILES string of the molecule is Cc1nn(C)cc1CNc1ccon1. The van der Waals surface area contributed by atoms with Crippen LogP contribution in [-0.2, 0) is 13.6 Å². The van der Waals surface area contributed by atoms with Crippen LogP contribution in [0.25, 0.3) is 0 Å². The van der Waals surface area contributed by atoms with E-state index in [1.165, 1.54) is 0 Å². The van der Waals surface area contributed by atoms with Crippen LogP contribution in [0.4, 0.5) is 5.82 Å². The number of nitrogens with zero attached hydrogens (tertiary/aromatic N) is 3. The summed E-state index contributed by atoms with van der Waals surface area (Å²) in [6.45, 7) is 2.70. The van der Waals surface area contributed by atoms with Gasteiger partial charge in [-0.1, -0.05) is 5.16 Å². The molecule has 2 aromatic rings. The Morgan fingerprint density at radius 1 is 1.57 bits per heavy atom. The topological polar surface area (TPSA) is 55.9 Å². The quantitative estimate of drug-likeness (QED) is 0.797. The summed E-state index contributed by atoms with van der Waals surface area (Å²) >= 11 is 0. The predicted octanol–water partition coefficient (Wildman–Crippen LogP) is 1.33. The van der Waals surface area contributed by atoms with Crippen LogP contribution in [0, 0.1) is 6.92 Å². The van der Waals surface area contributed by atoms with E-state index >= 15 is 0 Å². The Morgan fingerprint density at radius 3 is 3.00 bits per heavy atom. The largest absolute Gasteiger partial charge is 0.363 e. The van der Waals surface area contributed by atoms with E-state index in [4.69, 9.17) is 4.52 Å². The molecule has 0 spiro atoms. The fourth-order valence-corrected chi connectivity index (χ4v) is 1.31. The average Bonchev–Trinajstić information content (AvgIpc) is 2.72. The fourth-order valence-electron chi connectivity index (χ4n) is 1.31. The summed E-state index contributed by atoms with van der Waals surface area (Å²) in [5.41, 5.74) is 2.19. The van der Waals surface area contributed by atoms with E-state index in [1.54, 1.807) is 17.0 Å². The summed E-state index contributed by atoms with van der Waals surface area (Å²) < 4.78 is 6.51. The minimum Gasteiger partial charge on any atom is -0.363 e. The predicted molar refractivity (Wildman–Crippen MR) is 51.8 cm³/mol. The maximum atomic E-state index is 4.71. The second-order valence-electron chi connectivity index (χ2n) is 3.15. The number of nitrogens with one attached hydrogen (secondary N) is 1. The standard InChI is InChI=1S/C9H12N4O/c1-7-8(6-13(2)11-7)5-10-9-3-4-14-12-9/h3-4,6H,5H2,1-2H3,(H,10,12). The molecule has 5 nitrogen and oxygen atoms in total. The maximum absolute atomic E-state index is 4.71. The highest BCUT2D eigenvalue weighted by atomic mass is 16.5. The van der Waals surface area contributed by atoms with Crippen LogP contribution in [0.2, 0.25) is 0 Å². The molecule has 0 amide bonds. The van der Waals surface area contributed by atoms with Crippen LogP contribution in [0.15, 0.2) is 23.0 Å². The first-order valence-electron chi connectivity index (χ1n) is 4.39. The molecule has 0 saturated heterocycles. The van der Waals surface area contributed by atoms with Gasteiger partial charge in [-0.2, -0.15) is 5.10 Å². The molecule has 2 rings (SSSR count). The van der Waals surface area contributed by atoms with Gasteiger partial charge in [0.25, 0.3) is 0 Å². The highest BCUT2D eigenvalue weighted by Gasteiger charge is 2.03. The van der Waals surface area contributed by atoms with Crippen LogP contribution < -0.4 is 5.32 Å². The summed E-state index contributed by atoms with van der Waals surface area (Å²) in [5.74, 6) is 0.744. The van der Waals surface area contributed by atoms with Crippen molar-refractivity contribution >= 4 is 5.82 Å². The van der Waals surface area contributed by atoms with Crippen molar-refractivity contribution < 1.29 is 4.52 Å². The Morgan fingerprint density at radius 2 is 2.43 bits per heavy atom. The minimum absolute atomic E-state index is 0.714. The molecule has 0 aliphatic heterocycles. The van der Waals surface area contributed by atoms with E-state index in [0.29, 0.717) is 6.54 Å². The van der Waals surface area contributed by atoms with Crippen molar-refractivity contribution in [1.82, 2.24) is 14.9 Å². The van der Waals surface area contributed by atoms with Crippen molar-refractivity contribution in [3.05, 3.63) is 29.8 Å². The van der Waals surface area contributed by atoms with Crippen molar-refractivity contribution in [2.24, 2.45) is 7.05 Å². The highest BCUT2D eigenvalue weighted by molar-refractivity contribution is 5.32. The molecule has 2 aromatic heterocycles. The molecule has 1 N–H and O–H groups in total. The van der Waals surface area contributed by atoms with Crippen molar-refractivity contribution in [3.63, 3.8) is 0 Å². The highest BCUT2D eigenvalue weighted by Crippen LogP contribution is 2.08. The van der Waals surface area contributed by atoms with Gasteiger partial charge in [0.1, 0.15) is 6.26 Å². The number of hydrogen-bond donors (Lipinski definition) is 1. The molecule has 74 valence electrons. The van der Waals surface area contributed by atoms with Gasteiger partial charge in [0.2, 0.25) is 0 Å². The number of aromatic nitrogens is 3. The van der Waals surface area contributed by atoms with Crippen molar-refractivity contribution in [3.8, 4) is 0 Å². The summed E-state index contributed by atoms with van der Waals surface area (Å²) in [4.78, 5) is 0. The fraction of sp³-hybridized carbons (Fsp3) is 0.333. The van der Waals surface area contributed by atoms with Crippen LogP contribution >= 0.6 is 0 Å². The second kappa shape index (κ2) is 3.53. The molecule has 0 aliphatic rings. The van der Waals surface area contributed by atoms with Crippen molar-refractivity contribution in [1.29, 1.82) is 0 Å². The molecular formula is C9H12N4O. The van der Waals surface area contributed by atoms with E-state index < -0.39 is 0 Å². The molecule has 2 heterocycles. The molecule has 0 saturated carbocycles.